The van der Waals surface area contributed by atoms with Gasteiger partial charge in [-0.2, -0.15) is 0 Å². The highest BCUT2D eigenvalue weighted by atomic mass is 16.4. The lowest BCUT2D eigenvalue weighted by Crippen LogP contribution is -2.52. The van der Waals surface area contributed by atoms with Crippen LogP contribution >= 0.6 is 0 Å². The molecule has 1 saturated heterocycles. The zero-order valence-electron chi connectivity index (χ0n) is 14.8. The van der Waals surface area contributed by atoms with Gasteiger partial charge < -0.3 is 25.2 Å². The second-order valence-electron chi connectivity index (χ2n) is 6.43. The van der Waals surface area contributed by atoms with Crippen LogP contribution in [-0.2, 0) is 4.79 Å². The van der Waals surface area contributed by atoms with Crippen LogP contribution in [0.5, 0.6) is 0 Å². The second-order valence-corrected chi connectivity index (χ2v) is 6.43. The van der Waals surface area contributed by atoms with Crippen LogP contribution in [0.2, 0.25) is 0 Å². The summed E-state index contributed by atoms with van der Waals surface area (Å²) in [5.41, 5.74) is 1.32. The molecule has 142 valence electrons. The summed E-state index contributed by atoms with van der Waals surface area (Å²) in [7, 11) is 0. The van der Waals surface area contributed by atoms with Crippen LogP contribution in [-0.4, -0.2) is 70.5 Å². The third-order valence-electron chi connectivity index (χ3n) is 4.53. The van der Waals surface area contributed by atoms with Crippen LogP contribution in [0.1, 0.15) is 16.1 Å². The standard InChI is InChI=1S/C18H20N4O5/c1-11-2-3-12-13(8-11)20-14(9-15(12)23)17(25)19-10-16(24)21-4-6-22(7-5-21)18(26)27/h2-3,8-9H,4-7,10H2,1H3,(H,19,25)(H,20,23)(H,26,27). The molecule has 0 atom stereocenters. The summed E-state index contributed by atoms with van der Waals surface area (Å²) < 4.78 is 0. The Kier molecular flexibility index (Phi) is 5.11. The molecule has 0 bridgehead atoms. The molecule has 1 aromatic heterocycles. The molecule has 3 amide bonds. The molecule has 9 heteroatoms. The van der Waals surface area contributed by atoms with Gasteiger partial charge in [0.2, 0.25) is 5.91 Å². The molecule has 3 N–H and O–H groups in total. The maximum atomic E-state index is 12.3. The number of aromatic amines is 1. The quantitative estimate of drug-likeness (QED) is 0.719. The molecule has 2 heterocycles. The minimum Gasteiger partial charge on any atom is -0.465 e. The molecular weight excluding hydrogens is 352 g/mol. The van der Waals surface area contributed by atoms with E-state index in [-0.39, 0.29) is 49.8 Å². The molecular formula is C18H20N4O5. The number of carbonyl (C=O) groups excluding carboxylic acids is 2. The van der Waals surface area contributed by atoms with Gasteiger partial charge in [-0.1, -0.05) is 6.07 Å². The van der Waals surface area contributed by atoms with Crippen molar-refractivity contribution in [1.82, 2.24) is 20.1 Å². The fourth-order valence-corrected chi connectivity index (χ4v) is 3.00. The lowest BCUT2D eigenvalue weighted by atomic mass is 10.1. The highest BCUT2D eigenvalue weighted by molar-refractivity contribution is 5.96. The number of benzene rings is 1. The van der Waals surface area contributed by atoms with Gasteiger partial charge in [0.25, 0.3) is 5.91 Å². The van der Waals surface area contributed by atoms with E-state index < -0.39 is 12.0 Å². The number of rotatable bonds is 3. The number of carbonyl (C=O) groups is 3. The second kappa shape index (κ2) is 7.48. The third kappa shape index (κ3) is 4.08. The minimum absolute atomic E-state index is 0.0848. The van der Waals surface area contributed by atoms with E-state index in [9.17, 15) is 19.2 Å². The summed E-state index contributed by atoms with van der Waals surface area (Å²) in [5.74, 6) is -0.847. The van der Waals surface area contributed by atoms with Crippen LogP contribution < -0.4 is 10.7 Å². The number of H-pyrrole nitrogens is 1. The highest BCUT2D eigenvalue weighted by Crippen LogP contribution is 2.10. The Morgan fingerprint density at radius 2 is 1.78 bits per heavy atom. The van der Waals surface area contributed by atoms with Crippen molar-refractivity contribution in [3.05, 3.63) is 45.7 Å². The molecule has 1 aliphatic heterocycles. The largest absolute Gasteiger partial charge is 0.465 e. The number of aryl methyl sites for hydroxylation is 1. The van der Waals surface area contributed by atoms with Gasteiger partial charge >= 0.3 is 6.09 Å². The highest BCUT2D eigenvalue weighted by Gasteiger charge is 2.24. The maximum absolute atomic E-state index is 12.3. The van der Waals surface area contributed by atoms with Crippen molar-refractivity contribution in [3.8, 4) is 0 Å². The van der Waals surface area contributed by atoms with Gasteiger partial charge in [0.1, 0.15) is 5.69 Å². The Labute approximate surface area is 154 Å². The first-order valence-electron chi connectivity index (χ1n) is 8.52. The van der Waals surface area contributed by atoms with Crippen molar-refractivity contribution in [2.24, 2.45) is 0 Å². The van der Waals surface area contributed by atoms with Crippen molar-refractivity contribution in [2.45, 2.75) is 6.92 Å². The average molecular weight is 372 g/mol. The van der Waals surface area contributed by atoms with Crippen molar-refractivity contribution in [2.75, 3.05) is 32.7 Å². The summed E-state index contributed by atoms with van der Waals surface area (Å²) in [6.07, 6.45) is -1.01. The van der Waals surface area contributed by atoms with Crippen molar-refractivity contribution in [1.29, 1.82) is 0 Å². The molecule has 1 aromatic carbocycles. The smallest absolute Gasteiger partial charge is 0.407 e. The first-order chi connectivity index (χ1) is 12.8. The molecule has 0 radical (unpaired) electrons. The lowest BCUT2D eigenvalue weighted by molar-refractivity contribution is -0.131. The molecule has 2 aromatic rings. The Bertz CT molecular complexity index is 960. The number of nitrogens with one attached hydrogen (secondary N) is 2. The Balaban J connectivity index is 1.62. The first-order valence-corrected chi connectivity index (χ1v) is 8.52. The van der Waals surface area contributed by atoms with E-state index in [2.05, 4.69) is 10.3 Å². The van der Waals surface area contributed by atoms with Gasteiger partial charge in [0.15, 0.2) is 5.43 Å². The van der Waals surface area contributed by atoms with E-state index in [4.69, 9.17) is 5.11 Å². The minimum atomic E-state index is -1.01. The number of pyridine rings is 1. The summed E-state index contributed by atoms with van der Waals surface area (Å²) in [4.78, 5) is 53.2. The first kappa shape index (κ1) is 18.4. The van der Waals surface area contributed by atoms with Crippen LogP contribution in [0.15, 0.2) is 29.1 Å². The van der Waals surface area contributed by atoms with Crippen LogP contribution in [0, 0.1) is 6.92 Å². The van der Waals surface area contributed by atoms with Crippen molar-refractivity contribution >= 4 is 28.8 Å². The predicted octanol–water partition coefficient (Wildman–Crippen LogP) is 0.389. The van der Waals surface area contributed by atoms with E-state index in [1.54, 1.807) is 12.1 Å². The van der Waals surface area contributed by atoms with E-state index >= 15 is 0 Å². The number of carboxylic acid groups (broad SMARTS) is 1. The fourth-order valence-electron chi connectivity index (χ4n) is 3.00. The van der Waals surface area contributed by atoms with E-state index in [1.807, 2.05) is 13.0 Å². The van der Waals surface area contributed by atoms with Crippen molar-refractivity contribution < 1.29 is 19.5 Å². The van der Waals surface area contributed by atoms with Gasteiger partial charge in [-0.15, -0.1) is 0 Å². The van der Waals surface area contributed by atoms with Crippen LogP contribution in [0.25, 0.3) is 10.9 Å². The lowest BCUT2D eigenvalue weighted by Gasteiger charge is -2.33. The van der Waals surface area contributed by atoms with E-state index in [0.29, 0.717) is 10.9 Å². The number of piperazine rings is 1. The Hall–Kier alpha value is -3.36. The van der Waals surface area contributed by atoms with Gasteiger partial charge in [-0.3, -0.25) is 14.4 Å². The summed E-state index contributed by atoms with van der Waals surface area (Å²) in [5, 5.41) is 11.9. The van der Waals surface area contributed by atoms with Gasteiger partial charge in [-0.05, 0) is 24.6 Å². The zero-order chi connectivity index (χ0) is 19.6. The number of aromatic nitrogens is 1. The third-order valence-corrected chi connectivity index (χ3v) is 4.53. The number of hydrogen-bond acceptors (Lipinski definition) is 4. The molecule has 3 rings (SSSR count). The topological polar surface area (TPSA) is 123 Å². The fraction of sp³-hybridized carbons (Fsp3) is 0.333. The molecule has 0 spiro atoms. The number of fused-ring (bicyclic) bond motifs is 1. The Morgan fingerprint density at radius 1 is 1.11 bits per heavy atom. The average Bonchev–Trinajstić information content (AvgIpc) is 2.65. The Morgan fingerprint density at radius 3 is 2.44 bits per heavy atom. The van der Waals surface area contributed by atoms with E-state index in [1.165, 1.54) is 15.9 Å². The SMILES string of the molecule is Cc1ccc2c(=O)cc(C(=O)NCC(=O)N3CCN(C(=O)O)CC3)[nH]c2c1. The summed E-state index contributed by atoms with van der Waals surface area (Å²) in [6.45, 7) is 2.71. The molecule has 0 aliphatic carbocycles. The zero-order valence-corrected chi connectivity index (χ0v) is 14.8. The molecule has 9 nitrogen and oxygen atoms in total. The van der Waals surface area contributed by atoms with Crippen LogP contribution in [0.3, 0.4) is 0 Å². The van der Waals surface area contributed by atoms with Gasteiger partial charge in [0, 0.05) is 37.6 Å². The molecule has 1 aliphatic rings. The predicted molar refractivity (Wildman–Crippen MR) is 97.8 cm³/mol. The summed E-state index contributed by atoms with van der Waals surface area (Å²) >= 11 is 0. The van der Waals surface area contributed by atoms with Gasteiger partial charge in [-0.25, -0.2) is 4.79 Å². The van der Waals surface area contributed by atoms with E-state index in [0.717, 1.165) is 5.56 Å². The number of amides is 3. The number of nitrogens with zero attached hydrogens (tertiary/aromatic N) is 2. The summed E-state index contributed by atoms with van der Waals surface area (Å²) in [6, 6.07) is 6.51. The van der Waals surface area contributed by atoms with Crippen LogP contribution in [0.4, 0.5) is 4.79 Å². The van der Waals surface area contributed by atoms with Gasteiger partial charge in [0.05, 0.1) is 12.1 Å². The normalized spacial score (nSPS) is 14.3. The molecule has 27 heavy (non-hydrogen) atoms. The molecule has 0 unspecified atom stereocenters. The molecule has 1 fully saturated rings. The van der Waals surface area contributed by atoms with Crippen molar-refractivity contribution in [3.63, 3.8) is 0 Å². The maximum Gasteiger partial charge on any atom is 0.407 e. The number of hydrogen-bond donors (Lipinski definition) is 3. The molecule has 0 saturated carbocycles. The monoisotopic (exact) mass is 372 g/mol.